The van der Waals surface area contributed by atoms with Crippen molar-refractivity contribution in [3.05, 3.63) is 83.7 Å². The van der Waals surface area contributed by atoms with Crippen LogP contribution in [0.25, 0.3) is 11.4 Å². The van der Waals surface area contributed by atoms with E-state index >= 15 is 0 Å². The molecule has 1 aromatic heterocycles. The van der Waals surface area contributed by atoms with Crippen LogP contribution in [0.4, 0.5) is 0 Å². The lowest BCUT2D eigenvalue weighted by atomic mass is 10.00. The highest BCUT2D eigenvalue weighted by Gasteiger charge is 2.38. The molecular formula is C25H25N3O. The molecule has 0 saturated heterocycles. The molecule has 2 fully saturated rings. The van der Waals surface area contributed by atoms with E-state index in [4.69, 9.17) is 0 Å². The molecule has 2 saturated carbocycles. The van der Waals surface area contributed by atoms with Crippen LogP contribution in [0.1, 0.15) is 46.7 Å². The zero-order valence-electron chi connectivity index (χ0n) is 16.4. The summed E-state index contributed by atoms with van der Waals surface area (Å²) in [6, 6.07) is 18.6. The van der Waals surface area contributed by atoms with Crippen molar-refractivity contribution in [3.8, 4) is 11.4 Å². The molecular weight excluding hydrogens is 358 g/mol. The van der Waals surface area contributed by atoms with Crippen LogP contribution >= 0.6 is 0 Å². The van der Waals surface area contributed by atoms with Crippen molar-refractivity contribution in [2.75, 3.05) is 6.54 Å². The van der Waals surface area contributed by atoms with Crippen LogP contribution in [0.5, 0.6) is 0 Å². The molecule has 2 atom stereocenters. The molecule has 5 rings (SSSR count). The van der Waals surface area contributed by atoms with E-state index in [0.717, 1.165) is 22.6 Å². The number of ketones is 1. The van der Waals surface area contributed by atoms with Crippen molar-refractivity contribution in [2.45, 2.75) is 37.6 Å². The van der Waals surface area contributed by atoms with Crippen LogP contribution in [0.15, 0.2) is 67.0 Å². The number of benzene rings is 2. The SMILES string of the molecule is O=C(Cc1ccc(C2CC2NCC2CC2)cc1)c1ccc(-c2ncccn2)cc1. The van der Waals surface area contributed by atoms with Crippen molar-refractivity contribution < 1.29 is 4.79 Å². The molecule has 0 radical (unpaired) electrons. The smallest absolute Gasteiger partial charge is 0.167 e. The molecule has 1 heterocycles. The fourth-order valence-electron chi connectivity index (χ4n) is 3.85. The van der Waals surface area contributed by atoms with Crippen molar-refractivity contribution in [1.29, 1.82) is 0 Å². The van der Waals surface area contributed by atoms with E-state index in [-0.39, 0.29) is 5.78 Å². The van der Waals surface area contributed by atoms with Crippen LogP contribution < -0.4 is 5.32 Å². The van der Waals surface area contributed by atoms with Gasteiger partial charge in [0.05, 0.1) is 0 Å². The van der Waals surface area contributed by atoms with E-state index in [2.05, 4.69) is 39.6 Å². The van der Waals surface area contributed by atoms with E-state index < -0.39 is 0 Å². The Morgan fingerprint density at radius 1 is 0.966 bits per heavy atom. The highest BCUT2D eigenvalue weighted by atomic mass is 16.1. The highest BCUT2D eigenvalue weighted by molar-refractivity contribution is 5.97. The van der Waals surface area contributed by atoms with Gasteiger partial charge in [-0.2, -0.15) is 0 Å². The molecule has 0 spiro atoms. The third-order valence-electron chi connectivity index (χ3n) is 5.96. The van der Waals surface area contributed by atoms with Gasteiger partial charge in [0.25, 0.3) is 0 Å². The van der Waals surface area contributed by atoms with Crippen LogP contribution in [0.3, 0.4) is 0 Å². The number of nitrogens with one attached hydrogen (secondary N) is 1. The molecule has 0 aliphatic heterocycles. The average Bonchev–Trinajstić information content (AvgIpc) is 3.69. The lowest BCUT2D eigenvalue weighted by molar-refractivity contribution is 0.0993. The summed E-state index contributed by atoms with van der Waals surface area (Å²) in [6.45, 7) is 1.18. The highest BCUT2D eigenvalue weighted by Crippen LogP contribution is 2.41. The first-order chi connectivity index (χ1) is 14.3. The predicted octanol–water partition coefficient (Wildman–Crippen LogP) is 4.42. The van der Waals surface area contributed by atoms with Gasteiger partial charge in [-0.1, -0.05) is 48.5 Å². The molecule has 2 aromatic carbocycles. The number of carbonyl (C=O) groups is 1. The minimum Gasteiger partial charge on any atom is -0.313 e. The summed E-state index contributed by atoms with van der Waals surface area (Å²) in [4.78, 5) is 21.2. The zero-order chi connectivity index (χ0) is 19.6. The summed E-state index contributed by atoms with van der Waals surface area (Å²) in [5.41, 5.74) is 4.10. The topological polar surface area (TPSA) is 54.9 Å². The van der Waals surface area contributed by atoms with E-state index in [1.165, 1.54) is 31.4 Å². The second-order valence-corrected chi connectivity index (χ2v) is 8.29. The van der Waals surface area contributed by atoms with Gasteiger partial charge in [0.1, 0.15) is 0 Å². The number of Topliss-reactive ketones (excluding diaryl/α,β-unsaturated/α-hetero) is 1. The van der Waals surface area contributed by atoms with Gasteiger partial charge >= 0.3 is 0 Å². The van der Waals surface area contributed by atoms with Gasteiger partial charge < -0.3 is 5.32 Å². The van der Waals surface area contributed by atoms with Crippen molar-refractivity contribution in [3.63, 3.8) is 0 Å². The zero-order valence-corrected chi connectivity index (χ0v) is 16.4. The van der Waals surface area contributed by atoms with Gasteiger partial charge in [-0.05, 0) is 48.9 Å². The number of hydrogen-bond donors (Lipinski definition) is 1. The molecule has 2 aliphatic carbocycles. The maximum Gasteiger partial charge on any atom is 0.167 e. The fourth-order valence-corrected chi connectivity index (χ4v) is 3.85. The Labute approximate surface area is 171 Å². The number of hydrogen-bond acceptors (Lipinski definition) is 4. The minimum atomic E-state index is 0.133. The van der Waals surface area contributed by atoms with Crippen LogP contribution in [0, 0.1) is 5.92 Å². The molecule has 3 aromatic rings. The maximum atomic E-state index is 12.7. The quantitative estimate of drug-likeness (QED) is 0.585. The Balaban J connectivity index is 1.17. The van der Waals surface area contributed by atoms with Crippen LogP contribution in [-0.2, 0) is 6.42 Å². The Morgan fingerprint density at radius 3 is 2.38 bits per heavy atom. The van der Waals surface area contributed by atoms with Gasteiger partial charge in [-0.15, -0.1) is 0 Å². The molecule has 4 heteroatoms. The second-order valence-electron chi connectivity index (χ2n) is 8.29. The summed E-state index contributed by atoms with van der Waals surface area (Å²) in [5, 5.41) is 3.69. The first-order valence-corrected chi connectivity index (χ1v) is 10.5. The van der Waals surface area contributed by atoms with Gasteiger partial charge in [0.15, 0.2) is 11.6 Å². The average molecular weight is 383 g/mol. The Kier molecular flexibility index (Phi) is 4.94. The largest absolute Gasteiger partial charge is 0.313 e. The third kappa shape index (κ3) is 4.43. The van der Waals surface area contributed by atoms with Crippen molar-refractivity contribution in [1.82, 2.24) is 15.3 Å². The third-order valence-corrected chi connectivity index (χ3v) is 5.96. The normalized spacial score (nSPS) is 20.4. The monoisotopic (exact) mass is 383 g/mol. The Morgan fingerprint density at radius 2 is 1.69 bits per heavy atom. The van der Waals surface area contributed by atoms with Gasteiger partial charge in [-0.25, -0.2) is 9.97 Å². The number of aromatic nitrogens is 2. The van der Waals surface area contributed by atoms with Gasteiger partial charge in [-0.3, -0.25) is 4.79 Å². The first-order valence-electron chi connectivity index (χ1n) is 10.5. The summed E-state index contributed by atoms with van der Waals surface area (Å²) in [6.07, 6.45) is 7.90. The van der Waals surface area contributed by atoms with E-state index in [9.17, 15) is 4.79 Å². The lowest BCUT2D eigenvalue weighted by Gasteiger charge is -2.06. The van der Waals surface area contributed by atoms with E-state index in [0.29, 0.717) is 24.2 Å². The molecule has 0 amide bonds. The molecule has 146 valence electrons. The summed E-state index contributed by atoms with van der Waals surface area (Å²) in [5.74, 6) is 2.38. The summed E-state index contributed by atoms with van der Waals surface area (Å²) in [7, 11) is 0. The van der Waals surface area contributed by atoms with Gasteiger partial charge in [0.2, 0.25) is 0 Å². The number of nitrogens with zero attached hydrogens (tertiary/aromatic N) is 2. The number of carbonyl (C=O) groups excluding carboxylic acids is 1. The minimum absolute atomic E-state index is 0.133. The first kappa shape index (κ1) is 18.2. The molecule has 0 bridgehead atoms. The Bertz CT molecular complexity index is 979. The Hall–Kier alpha value is -2.85. The standard InChI is InChI=1S/C25H25N3O/c29-24(20-8-10-21(11-9-20)25-26-12-1-13-27-25)14-17-4-6-19(7-5-17)22-15-23(22)28-16-18-2-3-18/h1,4-13,18,22-23,28H,2-3,14-16H2. The summed E-state index contributed by atoms with van der Waals surface area (Å²) >= 11 is 0. The molecule has 29 heavy (non-hydrogen) atoms. The predicted molar refractivity (Wildman–Crippen MR) is 114 cm³/mol. The summed E-state index contributed by atoms with van der Waals surface area (Å²) < 4.78 is 0. The van der Waals surface area contributed by atoms with Crippen LogP contribution in [0.2, 0.25) is 0 Å². The van der Waals surface area contributed by atoms with Crippen molar-refractivity contribution in [2.24, 2.45) is 5.92 Å². The van der Waals surface area contributed by atoms with Crippen molar-refractivity contribution >= 4 is 5.78 Å². The van der Waals surface area contributed by atoms with Gasteiger partial charge in [0, 0.05) is 41.9 Å². The molecule has 2 aliphatic rings. The molecule has 1 N–H and O–H groups in total. The van der Waals surface area contributed by atoms with E-state index in [1.54, 1.807) is 18.5 Å². The second kappa shape index (κ2) is 7.88. The molecule has 2 unspecified atom stereocenters. The fraction of sp³-hybridized carbons (Fsp3) is 0.320. The number of rotatable bonds is 8. The lowest BCUT2D eigenvalue weighted by Crippen LogP contribution is -2.20. The van der Waals surface area contributed by atoms with E-state index in [1.807, 2.05) is 24.3 Å². The maximum absolute atomic E-state index is 12.7. The van der Waals surface area contributed by atoms with Crippen LogP contribution in [-0.4, -0.2) is 28.3 Å². The molecule has 4 nitrogen and oxygen atoms in total.